The Kier molecular flexibility index (Phi) is 6.65. The molecule has 6 nitrogen and oxygen atoms in total. The Labute approximate surface area is 178 Å². The molecule has 0 aromatic heterocycles. The highest BCUT2D eigenvalue weighted by Gasteiger charge is 2.33. The molecule has 1 heterocycles. The topological polar surface area (TPSA) is 67.9 Å². The van der Waals surface area contributed by atoms with Gasteiger partial charge in [0.2, 0.25) is 0 Å². The summed E-state index contributed by atoms with van der Waals surface area (Å²) in [7, 11) is 0. The van der Waals surface area contributed by atoms with E-state index in [1.165, 1.54) is 5.56 Å². The summed E-state index contributed by atoms with van der Waals surface area (Å²) in [6, 6.07) is 15.0. The van der Waals surface area contributed by atoms with E-state index >= 15 is 0 Å². The molecular weight excluding hydrogens is 380 g/mol. The zero-order chi connectivity index (χ0) is 21.7. The first-order valence-corrected chi connectivity index (χ1v) is 10.4. The third-order valence-corrected chi connectivity index (χ3v) is 5.00. The number of hydrogen-bond donors (Lipinski definition) is 1. The van der Waals surface area contributed by atoms with E-state index in [9.17, 15) is 9.59 Å². The van der Waals surface area contributed by atoms with Crippen LogP contribution in [0.2, 0.25) is 0 Å². The van der Waals surface area contributed by atoms with Crippen LogP contribution in [0.3, 0.4) is 0 Å². The molecular formula is C24H30N2O4. The molecule has 3 rings (SSSR count). The van der Waals surface area contributed by atoms with Gasteiger partial charge in [0.15, 0.2) is 12.7 Å². The first-order valence-electron chi connectivity index (χ1n) is 10.4. The van der Waals surface area contributed by atoms with Crippen LogP contribution in [0.25, 0.3) is 0 Å². The fourth-order valence-corrected chi connectivity index (χ4v) is 3.24. The molecule has 1 aliphatic heterocycles. The molecule has 30 heavy (non-hydrogen) atoms. The monoisotopic (exact) mass is 410 g/mol. The van der Waals surface area contributed by atoms with Crippen molar-refractivity contribution in [3.63, 3.8) is 0 Å². The minimum atomic E-state index is -0.749. The van der Waals surface area contributed by atoms with E-state index in [2.05, 4.69) is 26.1 Å². The SMILES string of the molecule is CCCNC(=O)[C@H]1CN(C(=O)COc2ccc(C(C)(C)C)cc2)c2ccccc2O1. The minimum Gasteiger partial charge on any atom is -0.484 e. The predicted octanol–water partition coefficient (Wildman–Crippen LogP) is 3.68. The maximum Gasteiger partial charge on any atom is 0.265 e. The van der Waals surface area contributed by atoms with E-state index in [0.717, 1.165) is 6.42 Å². The van der Waals surface area contributed by atoms with E-state index in [4.69, 9.17) is 9.47 Å². The third-order valence-electron chi connectivity index (χ3n) is 5.00. The summed E-state index contributed by atoms with van der Waals surface area (Å²) < 4.78 is 11.6. The van der Waals surface area contributed by atoms with Crippen molar-refractivity contribution in [1.29, 1.82) is 0 Å². The molecule has 1 atom stereocenters. The van der Waals surface area contributed by atoms with Crippen LogP contribution in [0.15, 0.2) is 48.5 Å². The minimum absolute atomic E-state index is 0.0548. The van der Waals surface area contributed by atoms with Crippen LogP contribution < -0.4 is 19.7 Å². The van der Waals surface area contributed by atoms with Crippen molar-refractivity contribution in [3.8, 4) is 11.5 Å². The molecule has 6 heteroatoms. The summed E-state index contributed by atoms with van der Waals surface area (Å²) in [5.74, 6) is 0.709. The average molecular weight is 411 g/mol. The zero-order valence-corrected chi connectivity index (χ0v) is 18.1. The lowest BCUT2D eigenvalue weighted by Crippen LogP contribution is -2.51. The lowest BCUT2D eigenvalue weighted by Gasteiger charge is -2.34. The fraction of sp³-hybridized carbons (Fsp3) is 0.417. The van der Waals surface area contributed by atoms with Crippen molar-refractivity contribution in [2.75, 3.05) is 24.6 Å². The number of rotatable bonds is 6. The maximum atomic E-state index is 13.0. The Balaban J connectivity index is 1.69. The smallest absolute Gasteiger partial charge is 0.265 e. The zero-order valence-electron chi connectivity index (χ0n) is 18.1. The van der Waals surface area contributed by atoms with Gasteiger partial charge >= 0.3 is 0 Å². The molecule has 0 unspecified atom stereocenters. The van der Waals surface area contributed by atoms with Gasteiger partial charge in [-0.2, -0.15) is 0 Å². The van der Waals surface area contributed by atoms with Crippen molar-refractivity contribution < 1.29 is 19.1 Å². The number of ether oxygens (including phenoxy) is 2. The number of anilines is 1. The Morgan fingerprint density at radius 2 is 1.83 bits per heavy atom. The second-order valence-corrected chi connectivity index (χ2v) is 8.43. The molecule has 160 valence electrons. The molecule has 0 aliphatic carbocycles. The predicted molar refractivity (Wildman–Crippen MR) is 117 cm³/mol. The summed E-state index contributed by atoms with van der Waals surface area (Å²) in [5.41, 5.74) is 1.90. The van der Waals surface area contributed by atoms with Gasteiger partial charge in [0, 0.05) is 6.54 Å². The highest BCUT2D eigenvalue weighted by Crippen LogP contribution is 2.33. The summed E-state index contributed by atoms with van der Waals surface area (Å²) in [4.78, 5) is 26.9. The van der Waals surface area contributed by atoms with Crippen LogP contribution in [0.1, 0.15) is 39.7 Å². The van der Waals surface area contributed by atoms with Gasteiger partial charge in [0.25, 0.3) is 11.8 Å². The molecule has 2 aromatic carbocycles. The Hall–Kier alpha value is -3.02. The Bertz CT molecular complexity index is 887. The lowest BCUT2D eigenvalue weighted by atomic mass is 9.87. The second-order valence-electron chi connectivity index (χ2n) is 8.43. The van der Waals surface area contributed by atoms with Gasteiger partial charge in [-0.1, -0.05) is 52.0 Å². The van der Waals surface area contributed by atoms with E-state index in [1.807, 2.05) is 49.4 Å². The van der Waals surface area contributed by atoms with Gasteiger partial charge in [0.05, 0.1) is 12.2 Å². The quantitative estimate of drug-likeness (QED) is 0.789. The largest absolute Gasteiger partial charge is 0.484 e. The number of nitrogens with zero attached hydrogens (tertiary/aromatic N) is 1. The number of benzene rings is 2. The summed E-state index contributed by atoms with van der Waals surface area (Å²) in [6.45, 7) is 9.03. The van der Waals surface area contributed by atoms with Crippen molar-refractivity contribution in [2.24, 2.45) is 0 Å². The fourth-order valence-electron chi connectivity index (χ4n) is 3.24. The molecule has 2 amide bonds. The first kappa shape index (κ1) is 21.7. The number of para-hydroxylation sites is 2. The average Bonchev–Trinajstić information content (AvgIpc) is 2.74. The molecule has 0 fully saturated rings. The molecule has 2 aromatic rings. The van der Waals surface area contributed by atoms with Crippen LogP contribution in [-0.2, 0) is 15.0 Å². The number of carbonyl (C=O) groups is 2. The number of amides is 2. The number of carbonyl (C=O) groups excluding carboxylic acids is 2. The van der Waals surface area contributed by atoms with E-state index in [1.54, 1.807) is 11.0 Å². The molecule has 0 saturated carbocycles. The molecule has 0 spiro atoms. The van der Waals surface area contributed by atoms with Crippen LogP contribution >= 0.6 is 0 Å². The summed E-state index contributed by atoms with van der Waals surface area (Å²) in [6.07, 6.45) is 0.0842. The first-order chi connectivity index (χ1) is 14.3. The van der Waals surface area contributed by atoms with Crippen molar-refractivity contribution >= 4 is 17.5 Å². The van der Waals surface area contributed by atoms with Gasteiger partial charge in [-0.05, 0) is 41.7 Å². The second kappa shape index (κ2) is 9.20. The molecule has 0 bridgehead atoms. The number of nitrogens with one attached hydrogen (secondary N) is 1. The van der Waals surface area contributed by atoms with Gasteiger partial charge < -0.3 is 19.7 Å². The Morgan fingerprint density at radius 1 is 1.13 bits per heavy atom. The number of fused-ring (bicyclic) bond motifs is 1. The highest BCUT2D eigenvalue weighted by molar-refractivity contribution is 5.98. The van der Waals surface area contributed by atoms with Crippen LogP contribution in [0.4, 0.5) is 5.69 Å². The number of hydrogen-bond acceptors (Lipinski definition) is 4. The molecule has 1 N–H and O–H groups in total. The van der Waals surface area contributed by atoms with Crippen molar-refractivity contribution in [3.05, 3.63) is 54.1 Å². The molecule has 0 saturated heterocycles. The normalized spacial score (nSPS) is 15.7. The van der Waals surface area contributed by atoms with E-state index in [-0.39, 0.29) is 30.4 Å². The van der Waals surface area contributed by atoms with Crippen LogP contribution in [0.5, 0.6) is 11.5 Å². The van der Waals surface area contributed by atoms with E-state index in [0.29, 0.717) is 23.7 Å². The third kappa shape index (κ3) is 5.12. The van der Waals surface area contributed by atoms with Gasteiger partial charge in [0.1, 0.15) is 11.5 Å². The maximum absolute atomic E-state index is 13.0. The van der Waals surface area contributed by atoms with E-state index < -0.39 is 6.10 Å². The van der Waals surface area contributed by atoms with Crippen LogP contribution in [0, 0.1) is 0 Å². The standard InChI is InChI=1S/C24H30N2O4/c1-5-14-25-23(28)21-15-26(19-8-6-7-9-20(19)30-21)22(27)16-29-18-12-10-17(11-13-18)24(2,3)4/h6-13,21H,5,14-16H2,1-4H3,(H,25,28)/t21-/m1/s1. The Morgan fingerprint density at radius 3 is 2.50 bits per heavy atom. The van der Waals surface area contributed by atoms with Crippen molar-refractivity contribution in [2.45, 2.75) is 45.6 Å². The summed E-state index contributed by atoms with van der Waals surface area (Å²) >= 11 is 0. The summed E-state index contributed by atoms with van der Waals surface area (Å²) in [5, 5.41) is 2.83. The molecule has 1 aliphatic rings. The lowest BCUT2D eigenvalue weighted by molar-refractivity contribution is -0.128. The van der Waals surface area contributed by atoms with Crippen LogP contribution in [-0.4, -0.2) is 37.6 Å². The highest BCUT2D eigenvalue weighted by atomic mass is 16.5. The van der Waals surface area contributed by atoms with Gasteiger partial charge in [-0.25, -0.2) is 0 Å². The van der Waals surface area contributed by atoms with Gasteiger partial charge in [-0.15, -0.1) is 0 Å². The molecule has 0 radical (unpaired) electrons. The van der Waals surface area contributed by atoms with Gasteiger partial charge in [-0.3, -0.25) is 9.59 Å². The van der Waals surface area contributed by atoms with Crippen molar-refractivity contribution in [1.82, 2.24) is 5.32 Å².